The molecule has 1 aromatic heterocycles. The Bertz CT molecular complexity index is 1510. The van der Waals surface area contributed by atoms with Crippen LogP contribution in [0.4, 0.5) is 28.7 Å². The molecule has 1 unspecified atom stereocenters. The highest BCUT2D eigenvalue weighted by Crippen LogP contribution is 2.38. The molecule has 9 nitrogen and oxygen atoms in total. The van der Waals surface area contributed by atoms with E-state index in [-0.39, 0.29) is 17.3 Å². The fourth-order valence-electron chi connectivity index (χ4n) is 3.84. The van der Waals surface area contributed by atoms with Gasteiger partial charge >= 0.3 is 5.69 Å². The van der Waals surface area contributed by atoms with E-state index in [4.69, 9.17) is 27.9 Å². The molecule has 0 bridgehead atoms. The van der Waals surface area contributed by atoms with Crippen molar-refractivity contribution in [1.82, 2.24) is 9.97 Å². The third-order valence-electron chi connectivity index (χ3n) is 5.67. The van der Waals surface area contributed by atoms with Crippen LogP contribution in [0.5, 0.6) is 5.75 Å². The Morgan fingerprint density at radius 1 is 1.05 bits per heavy atom. The lowest BCUT2D eigenvalue weighted by atomic mass is 9.91. The van der Waals surface area contributed by atoms with Crippen molar-refractivity contribution in [2.75, 3.05) is 17.2 Å². The summed E-state index contributed by atoms with van der Waals surface area (Å²) in [5, 5.41) is 28.7. The standard InChI is InChI=1S/C27H22Cl2N6O3/c1-3-38-20-10-8-19(9-11-20)33-26-25(35(36)37)27(32-15-31-26)34-24-13-23(29)21(12-16(24)2)22(14-30)17-4-6-18(28)7-5-17/h4-13,15,22H,3H2,1-2H3,(H2,31,32,33,34). The highest BCUT2D eigenvalue weighted by atomic mass is 35.5. The minimum atomic E-state index is -0.620. The molecule has 0 fully saturated rings. The lowest BCUT2D eigenvalue weighted by molar-refractivity contribution is -0.383. The number of anilines is 4. The Balaban J connectivity index is 1.65. The van der Waals surface area contributed by atoms with Crippen LogP contribution in [0, 0.1) is 28.4 Å². The van der Waals surface area contributed by atoms with Crippen LogP contribution < -0.4 is 15.4 Å². The average molecular weight is 549 g/mol. The molecule has 192 valence electrons. The maximum atomic E-state index is 12.0. The predicted octanol–water partition coefficient (Wildman–Crippen LogP) is 7.54. The first-order chi connectivity index (χ1) is 18.3. The third kappa shape index (κ3) is 5.94. The molecule has 11 heteroatoms. The van der Waals surface area contributed by atoms with E-state index in [1.165, 1.54) is 6.33 Å². The monoisotopic (exact) mass is 548 g/mol. The Morgan fingerprint density at radius 2 is 1.71 bits per heavy atom. The molecule has 0 amide bonds. The molecule has 0 saturated heterocycles. The van der Waals surface area contributed by atoms with Crippen LogP contribution >= 0.6 is 23.2 Å². The Hall–Kier alpha value is -4.39. The molecule has 2 N–H and O–H groups in total. The van der Waals surface area contributed by atoms with Crippen LogP contribution in [0.15, 0.2) is 67.0 Å². The van der Waals surface area contributed by atoms with Crippen molar-refractivity contribution >= 4 is 51.9 Å². The van der Waals surface area contributed by atoms with Crippen LogP contribution in [0.3, 0.4) is 0 Å². The van der Waals surface area contributed by atoms with Gasteiger partial charge in [0.1, 0.15) is 12.1 Å². The molecule has 0 spiro atoms. The molecule has 0 aliphatic heterocycles. The van der Waals surface area contributed by atoms with Crippen LogP contribution in [-0.4, -0.2) is 21.5 Å². The summed E-state index contributed by atoms with van der Waals surface area (Å²) in [6.07, 6.45) is 1.23. The van der Waals surface area contributed by atoms with Crippen LogP contribution in [0.2, 0.25) is 10.0 Å². The number of nitrogens with one attached hydrogen (secondary N) is 2. The van der Waals surface area contributed by atoms with E-state index >= 15 is 0 Å². The second kappa shape index (κ2) is 11.8. The zero-order valence-corrected chi connectivity index (χ0v) is 21.9. The number of aryl methyl sites for hydroxylation is 1. The predicted molar refractivity (Wildman–Crippen MR) is 148 cm³/mol. The second-order valence-electron chi connectivity index (χ2n) is 8.19. The van der Waals surface area contributed by atoms with Crippen molar-refractivity contribution in [2.24, 2.45) is 0 Å². The van der Waals surface area contributed by atoms with Gasteiger partial charge in [-0.25, -0.2) is 9.97 Å². The fourth-order valence-corrected chi connectivity index (χ4v) is 4.24. The molecule has 38 heavy (non-hydrogen) atoms. The quantitative estimate of drug-likeness (QED) is 0.162. The van der Waals surface area contributed by atoms with Crippen LogP contribution in [0.25, 0.3) is 0 Å². The molecule has 4 rings (SSSR count). The van der Waals surface area contributed by atoms with Gasteiger partial charge in [-0.2, -0.15) is 5.26 Å². The molecule has 1 heterocycles. The van der Waals surface area contributed by atoms with Gasteiger partial charge in [0.2, 0.25) is 11.6 Å². The van der Waals surface area contributed by atoms with Gasteiger partial charge in [0.05, 0.1) is 23.5 Å². The van der Waals surface area contributed by atoms with Gasteiger partial charge in [0, 0.05) is 21.4 Å². The highest BCUT2D eigenvalue weighted by Gasteiger charge is 2.25. The minimum Gasteiger partial charge on any atom is -0.494 e. The number of hydrogen-bond acceptors (Lipinski definition) is 8. The molecule has 0 saturated carbocycles. The number of halogens is 2. The first kappa shape index (κ1) is 26.7. The van der Waals surface area contributed by atoms with Crippen molar-refractivity contribution in [3.05, 3.63) is 104 Å². The number of ether oxygens (including phenoxy) is 1. The number of rotatable bonds is 9. The third-order valence-corrected chi connectivity index (χ3v) is 6.25. The van der Waals surface area contributed by atoms with Gasteiger partial charge in [-0.05, 0) is 73.0 Å². The van der Waals surface area contributed by atoms with Gasteiger partial charge in [-0.1, -0.05) is 41.4 Å². The summed E-state index contributed by atoms with van der Waals surface area (Å²) in [6.45, 7) is 4.22. The summed E-state index contributed by atoms with van der Waals surface area (Å²) in [6, 6.07) is 19.6. The molecule has 0 aliphatic rings. The molecular weight excluding hydrogens is 527 g/mol. The van der Waals surface area contributed by atoms with Crippen molar-refractivity contribution in [3.63, 3.8) is 0 Å². The van der Waals surface area contributed by atoms with Crippen molar-refractivity contribution in [2.45, 2.75) is 19.8 Å². The van der Waals surface area contributed by atoms with Crippen molar-refractivity contribution < 1.29 is 9.66 Å². The minimum absolute atomic E-state index is 0.0140. The molecule has 4 aromatic rings. The van der Waals surface area contributed by atoms with Gasteiger partial charge < -0.3 is 15.4 Å². The average Bonchev–Trinajstić information content (AvgIpc) is 2.89. The highest BCUT2D eigenvalue weighted by molar-refractivity contribution is 6.32. The van der Waals surface area contributed by atoms with Gasteiger partial charge in [0.25, 0.3) is 0 Å². The molecule has 3 aromatic carbocycles. The maximum Gasteiger partial charge on any atom is 0.353 e. The summed E-state index contributed by atoms with van der Waals surface area (Å²) in [5.41, 5.74) is 2.82. The number of nitro groups is 1. The fraction of sp³-hybridized carbons (Fsp3) is 0.148. The number of hydrogen-bond donors (Lipinski definition) is 2. The van der Waals surface area contributed by atoms with E-state index < -0.39 is 10.8 Å². The van der Waals surface area contributed by atoms with Crippen molar-refractivity contribution in [1.29, 1.82) is 5.26 Å². The van der Waals surface area contributed by atoms with Gasteiger partial charge in [-0.3, -0.25) is 10.1 Å². The van der Waals surface area contributed by atoms with Crippen molar-refractivity contribution in [3.8, 4) is 11.8 Å². The SMILES string of the molecule is CCOc1ccc(Nc2ncnc(Nc3cc(Cl)c(C(C#N)c4ccc(Cl)cc4)cc3C)c2[N+](=O)[O-])cc1. The Kier molecular flexibility index (Phi) is 8.26. The van der Waals surface area contributed by atoms with E-state index in [2.05, 4.69) is 26.7 Å². The second-order valence-corrected chi connectivity index (χ2v) is 9.03. The molecular formula is C27H22Cl2N6O3. The summed E-state index contributed by atoms with van der Waals surface area (Å²) < 4.78 is 5.43. The van der Waals surface area contributed by atoms with E-state index in [0.717, 1.165) is 5.56 Å². The Morgan fingerprint density at radius 3 is 2.32 bits per heavy atom. The largest absolute Gasteiger partial charge is 0.494 e. The normalized spacial score (nSPS) is 11.3. The summed E-state index contributed by atoms with van der Waals surface area (Å²) >= 11 is 12.6. The summed E-state index contributed by atoms with van der Waals surface area (Å²) in [7, 11) is 0. The topological polar surface area (TPSA) is 126 Å². The van der Waals surface area contributed by atoms with E-state index in [9.17, 15) is 15.4 Å². The van der Waals surface area contributed by atoms with Crippen LogP contribution in [0.1, 0.15) is 29.5 Å². The summed E-state index contributed by atoms with van der Waals surface area (Å²) in [4.78, 5) is 19.7. The molecule has 0 radical (unpaired) electrons. The van der Waals surface area contributed by atoms with E-state index in [1.54, 1.807) is 60.7 Å². The first-order valence-electron chi connectivity index (χ1n) is 11.5. The summed E-state index contributed by atoms with van der Waals surface area (Å²) in [5.74, 6) is 0.0677. The van der Waals surface area contributed by atoms with E-state index in [0.29, 0.717) is 44.9 Å². The molecule has 1 atom stereocenters. The molecule has 0 aliphatic carbocycles. The maximum absolute atomic E-state index is 12.0. The number of nitriles is 1. The lowest BCUT2D eigenvalue weighted by Crippen LogP contribution is -2.07. The number of benzene rings is 3. The number of aromatic nitrogens is 2. The lowest BCUT2D eigenvalue weighted by Gasteiger charge is -2.17. The van der Waals surface area contributed by atoms with Gasteiger partial charge in [0.15, 0.2) is 0 Å². The number of nitrogens with zero attached hydrogens (tertiary/aromatic N) is 4. The van der Waals surface area contributed by atoms with Gasteiger partial charge in [-0.15, -0.1) is 0 Å². The zero-order chi connectivity index (χ0) is 27.2. The van der Waals surface area contributed by atoms with E-state index in [1.807, 2.05) is 13.8 Å². The van der Waals surface area contributed by atoms with Crippen LogP contribution in [-0.2, 0) is 0 Å². The zero-order valence-electron chi connectivity index (χ0n) is 20.4. The first-order valence-corrected chi connectivity index (χ1v) is 12.3. The smallest absolute Gasteiger partial charge is 0.353 e. The Labute approximate surface area is 229 Å².